The normalized spacial score (nSPS) is 14.7. The van der Waals surface area contributed by atoms with Crippen molar-refractivity contribution >= 4 is 43.4 Å². The molecule has 5 heteroatoms. The Morgan fingerprint density at radius 3 is 2.48 bits per heavy atom. The predicted octanol–water partition coefficient (Wildman–Crippen LogP) is 5.03. The number of fused-ring (bicyclic) bond motifs is 2. The number of carbonyl (C=O) groups excluding carboxylic acids is 1. The number of hydrogen-bond donors (Lipinski definition) is 0. The molecule has 3 aromatic carbocycles. The molecule has 1 aromatic heterocycles. The molecule has 1 aliphatic heterocycles. The van der Waals surface area contributed by atoms with Crippen LogP contribution in [0.5, 0.6) is 0 Å². The lowest BCUT2D eigenvalue weighted by Crippen LogP contribution is -2.48. The SMILES string of the molecule is Cc1cc2nc(N3CCN(C(=O)c4cccc5ccccc45)CC3)sc2cc1C. The van der Waals surface area contributed by atoms with Crippen molar-refractivity contribution in [3.05, 3.63) is 71.3 Å². The van der Waals surface area contributed by atoms with Crippen LogP contribution in [0, 0.1) is 13.8 Å². The van der Waals surface area contributed by atoms with Crippen molar-refractivity contribution in [3.8, 4) is 0 Å². The number of carbonyl (C=O) groups is 1. The predicted molar refractivity (Wildman–Crippen MR) is 121 cm³/mol. The van der Waals surface area contributed by atoms with Crippen molar-refractivity contribution in [2.75, 3.05) is 31.1 Å². The van der Waals surface area contributed by atoms with Gasteiger partial charge in [-0.05, 0) is 53.9 Å². The fraction of sp³-hybridized carbons (Fsp3) is 0.250. The number of thiazole rings is 1. The molecule has 0 aliphatic carbocycles. The molecule has 0 unspecified atom stereocenters. The summed E-state index contributed by atoms with van der Waals surface area (Å²) >= 11 is 1.75. The minimum atomic E-state index is 0.122. The van der Waals surface area contributed by atoms with Crippen LogP contribution in [-0.2, 0) is 0 Å². The maximum absolute atomic E-state index is 13.2. The number of hydrogen-bond acceptors (Lipinski definition) is 4. The van der Waals surface area contributed by atoms with E-state index in [0.29, 0.717) is 0 Å². The average Bonchev–Trinajstić information content (AvgIpc) is 3.16. The van der Waals surface area contributed by atoms with Crippen LogP contribution in [0.25, 0.3) is 21.0 Å². The van der Waals surface area contributed by atoms with Crippen LogP contribution in [-0.4, -0.2) is 42.0 Å². The van der Waals surface area contributed by atoms with E-state index in [1.165, 1.54) is 15.8 Å². The Bertz CT molecular complexity index is 1180. The summed E-state index contributed by atoms with van der Waals surface area (Å²) in [5.74, 6) is 0.122. The van der Waals surface area contributed by atoms with Gasteiger partial charge in [0.1, 0.15) is 0 Å². The summed E-state index contributed by atoms with van der Waals surface area (Å²) in [6.07, 6.45) is 0. The van der Waals surface area contributed by atoms with E-state index >= 15 is 0 Å². The zero-order chi connectivity index (χ0) is 20.0. The maximum Gasteiger partial charge on any atom is 0.254 e. The van der Waals surface area contributed by atoms with Gasteiger partial charge in [-0.3, -0.25) is 4.79 Å². The van der Waals surface area contributed by atoms with E-state index in [2.05, 4.69) is 43.0 Å². The van der Waals surface area contributed by atoms with Gasteiger partial charge in [0.25, 0.3) is 5.91 Å². The van der Waals surface area contributed by atoms with E-state index in [0.717, 1.165) is 53.2 Å². The Labute approximate surface area is 174 Å². The number of nitrogens with zero attached hydrogens (tertiary/aromatic N) is 3. The van der Waals surface area contributed by atoms with E-state index in [1.54, 1.807) is 11.3 Å². The fourth-order valence-electron chi connectivity index (χ4n) is 3.99. The van der Waals surface area contributed by atoms with Crippen LogP contribution >= 0.6 is 11.3 Å². The molecule has 0 spiro atoms. The third kappa shape index (κ3) is 3.25. The van der Waals surface area contributed by atoms with Gasteiger partial charge >= 0.3 is 0 Å². The second-order valence-corrected chi connectivity index (χ2v) is 8.72. The monoisotopic (exact) mass is 401 g/mol. The Kier molecular flexibility index (Phi) is 4.47. The second-order valence-electron chi connectivity index (χ2n) is 7.71. The molecule has 29 heavy (non-hydrogen) atoms. The smallest absolute Gasteiger partial charge is 0.254 e. The lowest BCUT2D eigenvalue weighted by atomic mass is 10.0. The molecule has 0 N–H and O–H groups in total. The van der Waals surface area contributed by atoms with Crippen LogP contribution in [0.1, 0.15) is 21.5 Å². The molecule has 1 saturated heterocycles. The Hall–Kier alpha value is -2.92. The third-order valence-electron chi connectivity index (χ3n) is 5.85. The van der Waals surface area contributed by atoms with Crippen molar-refractivity contribution < 1.29 is 4.79 Å². The van der Waals surface area contributed by atoms with Crippen molar-refractivity contribution in [2.45, 2.75) is 13.8 Å². The van der Waals surface area contributed by atoms with Gasteiger partial charge in [-0.15, -0.1) is 0 Å². The van der Waals surface area contributed by atoms with Crippen LogP contribution in [0.15, 0.2) is 54.6 Å². The molecular weight excluding hydrogens is 378 g/mol. The highest BCUT2D eigenvalue weighted by molar-refractivity contribution is 7.22. The molecular formula is C24H23N3OS. The molecule has 146 valence electrons. The summed E-state index contributed by atoms with van der Waals surface area (Å²) in [7, 11) is 0. The zero-order valence-corrected chi connectivity index (χ0v) is 17.5. The molecule has 1 amide bonds. The number of piperazine rings is 1. The Morgan fingerprint density at radius 2 is 1.66 bits per heavy atom. The largest absolute Gasteiger partial charge is 0.345 e. The highest BCUT2D eigenvalue weighted by Gasteiger charge is 2.25. The number of rotatable bonds is 2. The average molecular weight is 402 g/mol. The number of anilines is 1. The van der Waals surface area contributed by atoms with Gasteiger partial charge in [-0.2, -0.15) is 0 Å². The lowest BCUT2D eigenvalue weighted by Gasteiger charge is -2.34. The summed E-state index contributed by atoms with van der Waals surface area (Å²) in [5, 5.41) is 3.19. The topological polar surface area (TPSA) is 36.4 Å². The second kappa shape index (κ2) is 7.16. The molecule has 4 aromatic rings. The Morgan fingerprint density at radius 1 is 0.931 bits per heavy atom. The van der Waals surface area contributed by atoms with E-state index < -0.39 is 0 Å². The van der Waals surface area contributed by atoms with Crippen molar-refractivity contribution in [1.29, 1.82) is 0 Å². The van der Waals surface area contributed by atoms with Gasteiger partial charge in [0.15, 0.2) is 5.13 Å². The van der Waals surface area contributed by atoms with Crippen molar-refractivity contribution in [2.24, 2.45) is 0 Å². The molecule has 0 bridgehead atoms. The molecule has 0 radical (unpaired) electrons. The summed E-state index contributed by atoms with van der Waals surface area (Å²) < 4.78 is 1.23. The van der Waals surface area contributed by atoms with Crippen molar-refractivity contribution in [3.63, 3.8) is 0 Å². The van der Waals surface area contributed by atoms with E-state index in [1.807, 2.05) is 35.2 Å². The van der Waals surface area contributed by atoms with Gasteiger partial charge in [-0.25, -0.2) is 4.98 Å². The van der Waals surface area contributed by atoms with Crippen LogP contribution in [0.3, 0.4) is 0 Å². The van der Waals surface area contributed by atoms with Crippen LogP contribution in [0.2, 0.25) is 0 Å². The molecule has 2 heterocycles. The van der Waals surface area contributed by atoms with Gasteiger partial charge in [0.05, 0.1) is 10.2 Å². The first-order valence-electron chi connectivity index (χ1n) is 10.00. The molecule has 0 saturated carbocycles. The quantitative estimate of drug-likeness (QED) is 0.473. The number of amides is 1. The van der Waals surface area contributed by atoms with Crippen LogP contribution < -0.4 is 4.90 Å². The van der Waals surface area contributed by atoms with E-state index in [4.69, 9.17) is 4.98 Å². The Balaban J connectivity index is 1.34. The van der Waals surface area contributed by atoms with E-state index in [-0.39, 0.29) is 5.91 Å². The molecule has 0 atom stereocenters. The standard InChI is InChI=1S/C24H23N3OS/c1-16-14-21-22(15-17(16)2)29-24(25-21)27-12-10-26(11-13-27)23(28)20-9-5-7-18-6-3-4-8-19(18)20/h3-9,14-15H,10-13H2,1-2H3. The maximum atomic E-state index is 13.2. The minimum Gasteiger partial charge on any atom is -0.345 e. The summed E-state index contributed by atoms with van der Waals surface area (Å²) in [6, 6.07) is 18.5. The fourth-order valence-corrected chi connectivity index (χ4v) is 5.08. The summed E-state index contributed by atoms with van der Waals surface area (Å²) in [4.78, 5) is 22.3. The molecule has 1 fully saturated rings. The summed E-state index contributed by atoms with van der Waals surface area (Å²) in [5.41, 5.74) is 4.45. The van der Waals surface area contributed by atoms with Crippen molar-refractivity contribution in [1.82, 2.24) is 9.88 Å². The van der Waals surface area contributed by atoms with Gasteiger partial charge < -0.3 is 9.80 Å². The third-order valence-corrected chi connectivity index (χ3v) is 6.93. The van der Waals surface area contributed by atoms with Gasteiger partial charge in [0.2, 0.25) is 0 Å². The highest BCUT2D eigenvalue weighted by atomic mass is 32.1. The minimum absolute atomic E-state index is 0.122. The highest BCUT2D eigenvalue weighted by Crippen LogP contribution is 2.31. The van der Waals surface area contributed by atoms with E-state index in [9.17, 15) is 4.79 Å². The number of aryl methyl sites for hydroxylation is 2. The van der Waals surface area contributed by atoms with Crippen LogP contribution in [0.4, 0.5) is 5.13 Å². The zero-order valence-electron chi connectivity index (χ0n) is 16.7. The first-order valence-corrected chi connectivity index (χ1v) is 10.8. The first-order chi connectivity index (χ1) is 14.1. The molecule has 4 nitrogen and oxygen atoms in total. The number of benzene rings is 3. The van der Waals surface area contributed by atoms with Gasteiger partial charge in [0, 0.05) is 31.7 Å². The lowest BCUT2D eigenvalue weighted by molar-refractivity contribution is 0.0749. The summed E-state index contributed by atoms with van der Waals surface area (Å²) in [6.45, 7) is 7.34. The first kappa shape index (κ1) is 18.1. The molecule has 1 aliphatic rings. The molecule has 5 rings (SSSR count). The van der Waals surface area contributed by atoms with Gasteiger partial charge in [-0.1, -0.05) is 47.7 Å². The number of aromatic nitrogens is 1.